The first-order valence-electron chi connectivity index (χ1n) is 11.7. The highest BCUT2D eigenvalue weighted by Gasteiger charge is 2.12. The van der Waals surface area contributed by atoms with Crippen LogP contribution in [0.5, 0.6) is 5.75 Å². The summed E-state index contributed by atoms with van der Waals surface area (Å²) in [6.07, 6.45) is 2.44. The Bertz CT molecular complexity index is 1260. The van der Waals surface area contributed by atoms with E-state index in [1.807, 2.05) is 30.3 Å². The molecule has 4 rings (SSSR count). The zero-order chi connectivity index (χ0) is 23.9. The van der Waals surface area contributed by atoms with Crippen molar-refractivity contribution in [3.8, 4) is 5.75 Å². The van der Waals surface area contributed by atoms with Crippen molar-refractivity contribution in [2.75, 3.05) is 13.2 Å². The van der Waals surface area contributed by atoms with Crippen molar-refractivity contribution >= 4 is 28.5 Å². The van der Waals surface area contributed by atoms with Crippen molar-refractivity contribution in [1.29, 1.82) is 0 Å². The maximum absolute atomic E-state index is 12.4. The number of hydrogen-bond acceptors (Lipinski definition) is 3. The minimum absolute atomic E-state index is 0.150. The predicted molar refractivity (Wildman–Crippen MR) is 138 cm³/mol. The lowest BCUT2D eigenvalue weighted by Crippen LogP contribution is -2.25. The van der Waals surface area contributed by atoms with E-state index in [2.05, 4.69) is 48.0 Å². The van der Waals surface area contributed by atoms with Gasteiger partial charge in [-0.3, -0.25) is 4.79 Å². The number of hydrogen-bond donors (Lipinski definition) is 1. The molecule has 0 radical (unpaired) electrons. The average Bonchev–Trinajstić information content (AvgIpc) is 3.18. The first-order valence-corrected chi connectivity index (χ1v) is 12.1. The Morgan fingerprint density at radius 2 is 1.71 bits per heavy atom. The van der Waals surface area contributed by atoms with Crippen LogP contribution < -0.4 is 10.1 Å². The van der Waals surface area contributed by atoms with E-state index in [9.17, 15) is 4.79 Å². The van der Waals surface area contributed by atoms with Crippen LogP contribution >= 0.6 is 11.6 Å². The second-order valence-corrected chi connectivity index (χ2v) is 8.84. The van der Waals surface area contributed by atoms with Gasteiger partial charge in [-0.25, -0.2) is 4.98 Å². The van der Waals surface area contributed by atoms with Gasteiger partial charge in [-0.1, -0.05) is 54.1 Å². The third-order valence-electron chi connectivity index (χ3n) is 5.90. The molecular formula is C28H30ClN3O2. The second-order valence-electron chi connectivity index (χ2n) is 8.43. The van der Waals surface area contributed by atoms with E-state index in [1.165, 1.54) is 0 Å². The van der Waals surface area contributed by atoms with Crippen LogP contribution in [-0.2, 0) is 13.0 Å². The van der Waals surface area contributed by atoms with Gasteiger partial charge in [-0.15, -0.1) is 0 Å². The topological polar surface area (TPSA) is 56.1 Å². The van der Waals surface area contributed by atoms with Crippen LogP contribution in [0.1, 0.15) is 40.2 Å². The van der Waals surface area contributed by atoms with Gasteiger partial charge in [0.1, 0.15) is 11.6 Å². The summed E-state index contributed by atoms with van der Waals surface area (Å²) in [4.78, 5) is 17.2. The normalized spacial score (nSPS) is 11.0. The Kier molecular flexibility index (Phi) is 7.86. The van der Waals surface area contributed by atoms with Crippen molar-refractivity contribution in [3.63, 3.8) is 0 Å². The van der Waals surface area contributed by atoms with Crippen molar-refractivity contribution in [1.82, 2.24) is 14.9 Å². The van der Waals surface area contributed by atoms with E-state index in [-0.39, 0.29) is 5.91 Å². The van der Waals surface area contributed by atoms with Gasteiger partial charge in [-0.05, 0) is 62.1 Å². The number of rotatable bonds is 10. The van der Waals surface area contributed by atoms with E-state index in [4.69, 9.17) is 21.3 Å². The van der Waals surface area contributed by atoms with Crippen LogP contribution in [-0.4, -0.2) is 28.6 Å². The van der Waals surface area contributed by atoms with Crippen LogP contribution in [0.25, 0.3) is 11.0 Å². The monoisotopic (exact) mass is 475 g/mol. The first kappa shape index (κ1) is 23.8. The van der Waals surface area contributed by atoms with Crippen molar-refractivity contribution in [2.24, 2.45) is 0 Å². The largest absolute Gasteiger partial charge is 0.493 e. The van der Waals surface area contributed by atoms with Crippen molar-refractivity contribution in [2.45, 2.75) is 39.7 Å². The molecule has 1 heterocycles. The standard InChI is InChI=1S/C28H30ClN3O2/c1-20-10-7-11-21(2)27(20)34-19-9-18-32-25-15-6-5-14-24(25)31-26(32)16-8-17-30-28(33)22-12-3-4-13-23(22)29/h3-7,10-15H,8-9,16-19H2,1-2H3,(H,30,33). The van der Waals surface area contributed by atoms with E-state index >= 15 is 0 Å². The summed E-state index contributed by atoms with van der Waals surface area (Å²) < 4.78 is 8.38. The number of carbonyl (C=O) groups is 1. The Hall–Kier alpha value is -3.31. The number of ether oxygens (including phenoxy) is 1. The van der Waals surface area contributed by atoms with Crippen LogP contribution in [0, 0.1) is 13.8 Å². The van der Waals surface area contributed by atoms with Gasteiger partial charge in [0.25, 0.3) is 5.91 Å². The van der Waals surface area contributed by atoms with Crippen LogP contribution in [0.2, 0.25) is 5.02 Å². The minimum atomic E-state index is -0.150. The molecule has 4 aromatic rings. The lowest BCUT2D eigenvalue weighted by Gasteiger charge is -2.13. The van der Waals surface area contributed by atoms with Crippen molar-refractivity contribution in [3.05, 3.63) is 94.3 Å². The molecule has 3 aromatic carbocycles. The number of imidazole rings is 1. The second kappa shape index (κ2) is 11.2. The van der Waals surface area contributed by atoms with Crippen LogP contribution in [0.3, 0.4) is 0 Å². The lowest BCUT2D eigenvalue weighted by molar-refractivity contribution is 0.0953. The van der Waals surface area contributed by atoms with Gasteiger partial charge >= 0.3 is 0 Å². The number of aryl methyl sites for hydroxylation is 4. The zero-order valence-electron chi connectivity index (χ0n) is 19.7. The van der Waals surface area contributed by atoms with Gasteiger partial charge in [0, 0.05) is 19.5 Å². The molecule has 1 aromatic heterocycles. The summed E-state index contributed by atoms with van der Waals surface area (Å²) in [5.74, 6) is 1.86. The zero-order valence-corrected chi connectivity index (χ0v) is 20.4. The van der Waals surface area contributed by atoms with Crippen molar-refractivity contribution < 1.29 is 9.53 Å². The number of nitrogens with one attached hydrogen (secondary N) is 1. The smallest absolute Gasteiger partial charge is 0.252 e. The summed E-state index contributed by atoms with van der Waals surface area (Å²) in [6, 6.07) is 21.5. The fourth-order valence-corrected chi connectivity index (χ4v) is 4.40. The fourth-order valence-electron chi connectivity index (χ4n) is 4.18. The molecule has 34 heavy (non-hydrogen) atoms. The molecule has 0 aliphatic heterocycles. The number of halogens is 1. The number of benzene rings is 3. The molecule has 0 saturated carbocycles. The molecule has 0 unspecified atom stereocenters. The molecule has 6 heteroatoms. The van der Waals surface area contributed by atoms with Gasteiger partial charge in [-0.2, -0.15) is 0 Å². The summed E-state index contributed by atoms with van der Waals surface area (Å²) in [6.45, 7) is 6.18. The maximum atomic E-state index is 12.4. The molecule has 0 bridgehead atoms. The summed E-state index contributed by atoms with van der Waals surface area (Å²) in [5, 5.41) is 3.43. The summed E-state index contributed by atoms with van der Waals surface area (Å²) in [5.41, 5.74) is 4.94. The highest BCUT2D eigenvalue weighted by Crippen LogP contribution is 2.23. The van der Waals surface area contributed by atoms with Gasteiger partial charge < -0.3 is 14.6 Å². The van der Waals surface area contributed by atoms with E-state index < -0.39 is 0 Å². The summed E-state index contributed by atoms with van der Waals surface area (Å²) >= 11 is 6.13. The number of nitrogens with zero attached hydrogens (tertiary/aromatic N) is 2. The molecule has 1 amide bonds. The molecule has 0 aliphatic rings. The summed E-state index contributed by atoms with van der Waals surface area (Å²) in [7, 11) is 0. The molecule has 0 aliphatic carbocycles. The maximum Gasteiger partial charge on any atom is 0.252 e. The molecule has 0 spiro atoms. The molecule has 1 N–H and O–H groups in total. The molecule has 176 valence electrons. The molecule has 0 saturated heterocycles. The van der Waals surface area contributed by atoms with E-state index in [0.717, 1.165) is 59.5 Å². The van der Waals surface area contributed by atoms with Gasteiger partial charge in [0.2, 0.25) is 0 Å². The van der Waals surface area contributed by atoms with Crippen LogP contribution in [0.4, 0.5) is 0 Å². The molecule has 5 nitrogen and oxygen atoms in total. The first-order chi connectivity index (χ1) is 16.5. The average molecular weight is 476 g/mol. The molecular weight excluding hydrogens is 446 g/mol. The van der Waals surface area contributed by atoms with E-state index in [0.29, 0.717) is 23.7 Å². The number of fused-ring (bicyclic) bond motifs is 1. The number of aromatic nitrogens is 2. The molecule has 0 atom stereocenters. The Balaban J connectivity index is 1.35. The van der Waals surface area contributed by atoms with Gasteiger partial charge in [0.05, 0.1) is 28.2 Å². The number of para-hydroxylation sites is 3. The number of carbonyl (C=O) groups excluding carboxylic acids is 1. The highest BCUT2D eigenvalue weighted by atomic mass is 35.5. The minimum Gasteiger partial charge on any atom is -0.493 e. The third kappa shape index (κ3) is 5.60. The predicted octanol–water partition coefficient (Wildman–Crippen LogP) is 6.14. The Labute approximate surface area is 205 Å². The lowest BCUT2D eigenvalue weighted by atomic mass is 10.1. The van der Waals surface area contributed by atoms with Gasteiger partial charge in [0.15, 0.2) is 0 Å². The fraction of sp³-hybridized carbons (Fsp3) is 0.286. The molecule has 0 fully saturated rings. The Morgan fingerprint density at radius 1 is 0.971 bits per heavy atom. The van der Waals surface area contributed by atoms with E-state index in [1.54, 1.807) is 12.1 Å². The van der Waals surface area contributed by atoms with Crippen LogP contribution in [0.15, 0.2) is 66.7 Å². The SMILES string of the molecule is Cc1cccc(C)c1OCCCn1c(CCCNC(=O)c2ccccc2Cl)nc2ccccc21. The number of amides is 1. The quantitative estimate of drug-likeness (QED) is 0.280. The highest BCUT2D eigenvalue weighted by molar-refractivity contribution is 6.33. The third-order valence-corrected chi connectivity index (χ3v) is 6.23. The Morgan fingerprint density at radius 3 is 2.50 bits per heavy atom.